The molecule has 2 fully saturated rings. The van der Waals surface area contributed by atoms with Gasteiger partial charge in [-0.1, -0.05) is 0 Å². The fourth-order valence-corrected chi connectivity index (χ4v) is 4.19. The molecule has 3 heterocycles. The van der Waals surface area contributed by atoms with Gasteiger partial charge in [-0.15, -0.1) is 0 Å². The second-order valence-electron chi connectivity index (χ2n) is 8.25. The Balaban J connectivity index is 1.32. The summed E-state index contributed by atoms with van der Waals surface area (Å²) in [5.41, 5.74) is 6.19. The summed E-state index contributed by atoms with van der Waals surface area (Å²) in [4.78, 5) is 46.1. The van der Waals surface area contributed by atoms with E-state index in [-0.39, 0.29) is 30.3 Å². The highest BCUT2D eigenvalue weighted by molar-refractivity contribution is 5.96. The minimum absolute atomic E-state index is 0.0279. The standard InChI is InChI=1S/C24H29N5O5/c1-2-33-18-7-5-17(6-8-18)29-13-12-28(24(29)32)16-22(30)27-11-3-4-20(15-27)34-19-9-10-26-21(14-19)23(25)31/h5-10,14,20H,2-4,11-13,15-16H2,1H3,(H2,25,31). The Kier molecular flexibility index (Phi) is 7.15. The van der Waals surface area contributed by atoms with Gasteiger partial charge in [-0.25, -0.2) is 4.79 Å². The lowest BCUT2D eigenvalue weighted by Gasteiger charge is -2.33. The Morgan fingerprint density at radius 1 is 1.12 bits per heavy atom. The summed E-state index contributed by atoms with van der Waals surface area (Å²) in [7, 11) is 0. The number of amides is 4. The van der Waals surface area contributed by atoms with E-state index in [0.29, 0.717) is 38.5 Å². The zero-order chi connectivity index (χ0) is 24.1. The number of carbonyl (C=O) groups excluding carboxylic acids is 3. The molecular formula is C24H29N5O5. The monoisotopic (exact) mass is 467 g/mol. The van der Waals surface area contributed by atoms with Crippen LogP contribution < -0.4 is 20.1 Å². The molecule has 2 aliphatic heterocycles. The fourth-order valence-electron chi connectivity index (χ4n) is 4.19. The molecule has 4 rings (SSSR count). The number of nitrogens with two attached hydrogens (primary N) is 1. The number of piperidine rings is 1. The average molecular weight is 468 g/mol. The Bertz CT molecular complexity index is 1040. The van der Waals surface area contributed by atoms with Crippen molar-refractivity contribution in [1.29, 1.82) is 0 Å². The second kappa shape index (κ2) is 10.4. The number of hydrogen-bond donors (Lipinski definition) is 1. The number of ether oxygens (including phenoxy) is 2. The first kappa shape index (κ1) is 23.3. The predicted octanol–water partition coefficient (Wildman–Crippen LogP) is 1.89. The molecule has 34 heavy (non-hydrogen) atoms. The highest BCUT2D eigenvalue weighted by Gasteiger charge is 2.33. The minimum Gasteiger partial charge on any atom is -0.494 e. The maximum atomic E-state index is 13.0. The molecular weight excluding hydrogens is 438 g/mol. The molecule has 2 aliphatic rings. The zero-order valence-electron chi connectivity index (χ0n) is 19.2. The summed E-state index contributed by atoms with van der Waals surface area (Å²) < 4.78 is 11.4. The number of primary amides is 1. The van der Waals surface area contributed by atoms with Gasteiger partial charge < -0.3 is 25.0 Å². The summed E-state index contributed by atoms with van der Waals surface area (Å²) in [5, 5.41) is 0. The third kappa shape index (κ3) is 5.38. The molecule has 1 unspecified atom stereocenters. The number of carbonyl (C=O) groups is 3. The molecule has 2 aromatic rings. The van der Waals surface area contributed by atoms with Crippen molar-refractivity contribution in [1.82, 2.24) is 14.8 Å². The summed E-state index contributed by atoms with van der Waals surface area (Å²) in [5.74, 6) is 0.511. The van der Waals surface area contributed by atoms with E-state index in [1.807, 2.05) is 31.2 Å². The third-order valence-electron chi connectivity index (χ3n) is 5.90. The lowest BCUT2D eigenvalue weighted by atomic mass is 10.1. The van der Waals surface area contributed by atoms with E-state index in [0.717, 1.165) is 24.3 Å². The van der Waals surface area contributed by atoms with Crippen LogP contribution in [0.4, 0.5) is 10.5 Å². The Labute approximate surface area is 198 Å². The molecule has 2 N–H and O–H groups in total. The van der Waals surface area contributed by atoms with Crippen LogP contribution in [0.5, 0.6) is 11.5 Å². The van der Waals surface area contributed by atoms with Gasteiger partial charge in [-0.05, 0) is 50.1 Å². The Morgan fingerprint density at radius 2 is 1.91 bits per heavy atom. The first-order chi connectivity index (χ1) is 16.4. The molecule has 10 nitrogen and oxygen atoms in total. The van der Waals surface area contributed by atoms with E-state index >= 15 is 0 Å². The SMILES string of the molecule is CCOc1ccc(N2CCN(CC(=O)N3CCCC(Oc4ccnc(C(N)=O)c4)C3)C2=O)cc1. The van der Waals surface area contributed by atoms with Gasteiger partial charge in [0.25, 0.3) is 5.91 Å². The van der Waals surface area contributed by atoms with Crippen LogP contribution in [0.15, 0.2) is 42.6 Å². The average Bonchev–Trinajstić information content (AvgIpc) is 3.20. The summed E-state index contributed by atoms with van der Waals surface area (Å²) in [6, 6.07) is 10.4. The van der Waals surface area contributed by atoms with Gasteiger partial charge in [-0.3, -0.25) is 19.5 Å². The molecule has 1 aromatic heterocycles. The van der Waals surface area contributed by atoms with E-state index in [1.165, 1.54) is 12.3 Å². The van der Waals surface area contributed by atoms with E-state index in [2.05, 4.69) is 4.98 Å². The zero-order valence-corrected chi connectivity index (χ0v) is 19.2. The lowest BCUT2D eigenvalue weighted by molar-refractivity contribution is -0.134. The van der Waals surface area contributed by atoms with Crippen LogP contribution in [0, 0.1) is 0 Å². The highest BCUT2D eigenvalue weighted by atomic mass is 16.5. The number of rotatable bonds is 8. The number of benzene rings is 1. The largest absolute Gasteiger partial charge is 0.494 e. The van der Waals surface area contributed by atoms with Gasteiger partial charge in [0.05, 0.1) is 13.2 Å². The Hall–Kier alpha value is -3.82. The summed E-state index contributed by atoms with van der Waals surface area (Å²) >= 11 is 0. The van der Waals surface area contributed by atoms with Crippen molar-refractivity contribution in [2.24, 2.45) is 5.73 Å². The van der Waals surface area contributed by atoms with E-state index in [4.69, 9.17) is 15.2 Å². The summed E-state index contributed by atoms with van der Waals surface area (Å²) in [6.45, 7) is 4.57. The molecule has 0 saturated carbocycles. The molecule has 10 heteroatoms. The molecule has 1 aromatic carbocycles. The normalized spacial score (nSPS) is 18.2. The number of anilines is 1. The van der Waals surface area contributed by atoms with E-state index < -0.39 is 5.91 Å². The summed E-state index contributed by atoms with van der Waals surface area (Å²) in [6.07, 6.45) is 2.83. The van der Waals surface area contributed by atoms with Gasteiger partial charge in [0.15, 0.2) is 0 Å². The van der Waals surface area contributed by atoms with Crippen LogP contribution in [0.2, 0.25) is 0 Å². The second-order valence-corrected chi connectivity index (χ2v) is 8.25. The quantitative estimate of drug-likeness (QED) is 0.633. The molecule has 0 spiro atoms. The minimum atomic E-state index is -0.625. The van der Waals surface area contributed by atoms with Gasteiger partial charge in [0, 0.05) is 37.6 Å². The highest BCUT2D eigenvalue weighted by Crippen LogP contribution is 2.24. The Morgan fingerprint density at radius 3 is 2.65 bits per heavy atom. The van der Waals surface area contributed by atoms with E-state index in [9.17, 15) is 14.4 Å². The van der Waals surface area contributed by atoms with Gasteiger partial charge in [0.2, 0.25) is 5.91 Å². The van der Waals surface area contributed by atoms with Gasteiger partial charge >= 0.3 is 6.03 Å². The smallest absolute Gasteiger partial charge is 0.325 e. The number of pyridine rings is 1. The van der Waals surface area contributed by atoms with Gasteiger partial charge in [-0.2, -0.15) is 0 Å². The van der Waals surface area contributed by atoms with Crippen molar-refractivity contribution in [3.05, 3.63) is 48.3 Å². The van der Waals surface area contributed by atoms with Gasteiger partial charge in [0.1, 0.15) is 29.8 Å². The maximum absolute atomic E-state index is 13.0. The van der Waals surface area contributed by atoms with Crippen LogP contribution >= 0.6 is 0 Å². The van der Waals surface area contributed by atoms with Crippen LogP contribution in [0.1, 0.15) is 30.3 Å². The predicted molar refractivity (Wildman–Crippen MR) is 125 cm³/mol. The first-order valence-corrected chi connectivity index (χ1v) is 11.4. The van der Waals surface area contributed by atoms with Crippen LogP contribution in [0.25, 0.3) is 0 Å². The lowest BCUT2D eigenvalue weighted by Crippen LogP contribution is -2.48. The molecule has 2 saturated heterocycles. The van der Waals surface area contributed by atoms with Crippen molar-refractivity contribution in [3.8, 4) is 11.5 Å². The fraction of sp³-hybridized carbons (Fsp3) is 0.417. The first-order valence-electron chi connectivity index (χ1n) is 11.4. The molecule has 180 valence electrons. The number of nitrogens with zero attached hydrogens (tertiary/aromatic N) is 4. The van der Waals surface area contributed by atoms with Crippen molar-refractivity contribution < 1.29 is 23.9 Å². The van der Waals surface area contributed by atoms with Crippen molar-refractivity contribution in [2.75, 3.05) is 44.2 Å². The van der Waals surface area contributed by atoms with Crippen molar-refractivity contribution in [3.63, 3.8) is 0 Å². The molecule has 0 radical (unpaired) electrons. The topological polar surface area (TPSA) is 118 Å². The molecule has 0 aliphatic carbocycles. The molecule has 1 atom stereocenters. The molecule has 0 bridgehead atoms. The number of hydrogen-bond acceptors (Lipinski definition) is 6. The van der Waals surface area contributed by atoms with E-state index in [1.54, 1.807) is 20.8 Å². The van der Waals surface area contributed by atoms with Crippen LogP contribution in [0.3, 0.4) is 0 Å². The number of likely N-dealkylation sites (tertiary alicyclic amines) is 1. The van der Waals surface area contributed by atoms with Crippen LogP contribution in [-0.4, -0.2) is 78.1 Å². The van der Waals surface area contributed by atoms with Crippen molar-refractivity contribution >= 4 is 23.5 Å². The number of urea groups is 1. The number of aromatic nitrogens is 1. The van der Waals surface area contributed by atoms with Crippen LogP contribution in [-0.2, 0) is 4.79 Å². The van der Waals surface area contributed by atoms with Crippen molar-refractivity contribution in [2.45, 2.75) is 25.9 Å². The molecule has 4 amide bonds. The third-order valence-corrected chi connectivity index (χ3v) is 5.90. The maximum Gasteiger partial charge on any atom is 0.325 e.